The van der Waals surface area contributed by atoms with E-state index in [-0.39, 0.29) is 6.04 Å². The molecule has 0 amide bonds. The number of benzene rings is 1. The molecule has 0 heterocycles. The number of rotatable bonds is 6. The number of hydrogen-bond acceptors (Lipinski definition) is 3. The Morgan fingerprint density at radius 2 is 1.94 bits per heavy atom. The maximum absolute atomic E-state index is 12.2. The molecule has 0 bridgehead atoms. The molecule has 1 aliphatic carbocycles. The lowest BCUT2D eigenvalue weighted by atomic mass is 10.2. The minimum atomic E-state index is -3.39. The third kappa shape index (κ3) is 3.46. The van der Waals surface area contributed by atoms with E-state index in [0.29, 0.717) is 16.5 Å². The molecule has 1 aliphatic rings. The van der Waals surface area contributed by atoms with Crippen molar-refractivity contribution in [1.82, 2.24) is 4.72 Å². The molecule has 1 saturated carbocycles. The van der Waals surface area contributed by atoms with Crippen molar-refractivity contribution >= 4 is 15.7 Å². The highest BCUT2D eigenvalue weighted by molar-refractivity contribution is 7.89. The fraction of sp³-hybridized carbons (Fsp3) is 0.538. The van der Waals surface area contributed by atoms with Crippen molar-refractivity contribution in [2.75, 3.05) is 11.9 Å². The highest BCUT2D eigenvalue weighted by Gasteiger charge is 2.29. The summed E-state index contributed by atoms with van der Waals surface area (Å²) in [6.07, 6.45) is 1.89. The molecule has 18 heavy (non-hydrogen) atoms. The highest BCUT2D eigenvalue weighted by atomic mass is 32.2. The van der Waals surface area contributed by atoms with Gasteiger partial charge in [0.25, 0.3) is 0 Å². The summed E-state index contributed by atoms with van der Waals surface area (Å²) in [5.41, 5.74) is 0.680. The molecule has 2 N–H and O–H groups in total. The zero-order chi connectivity index (χ0) is 13.2. The Labute approximate surface area is 109 Å². The molecule has 0 radical (unpaired) electrons. The second kappa shape index (κ2) is 5.28. The zero-order valence-corrected chi connectivity index (χ0v) is 11.6. The minimum Gasteiger partial charge on any atom is -0.384 e. The maximum Gasteiger partial charge on any atom is 0.242 e. The molecule has 1 fully saturated rings. The normalized spacial score (nSPS) is 15.9. The average Bonchev–Trinajstić information content (AvgIpc) is 3.10. The summed E-state index contributed by atoms with van der Waals surface area (Å²) >= 11 is 0. The first-order valence-electron chi connectivity index (χ1n) is 6.34. The van der Waals surface area contributed by atoms with Gasteiger partial charge in [0.1, 0.15) is 4.90 Å². The van der Waals surface area contributed by atoms with Gasteiger partial charge < -0.3 is 5.32 Å². The SMILES string of the molecule is CC(C)CNc1ccccc1S(=O)(=O)NC1CC1. The third-order valence-electron chi connectivity index (χ3n) is 2.78. The largest absolute Gasteiger partial charge is 0.384 e. The molecule has 0 spiro atoms. The van der Waals surface area contributed by atoms with E-state index >= 15 is 0 Å². The Hall–Kier alpha value is -1.07. The second-order valence-corrected chi connectivity index (χ2v) is 6.85. The Morgan fingerprint density at radius 1 is 1.28 bits per heavy atom. The van der Waals surface area contributed by atoms with Crippen molar-refractivity contribution in [3.05, 3.63) is 24.3 Å². The van der Waals surface area contributed by atoms with Gasteiger partial charge >= 0.3 is 0 Å². The van der Waals surface area contributed by atoms with E-state index in [1.165, 1.54) is 0 Å². The fourth-order valence-electron chi connectivity index (χ4n) is 1.65. The highest BCUT2D eigenvalue weighted by Crippen LogP contribution is 2.25. The van der Waals surface area contributed by atoms with Crippen LogP contribution in [0, 0.1) is 5.92 Å². The van der Waals surface area contributed by atoms with Crippen molar-refractivity contribution < 1.29 is 8.42 Å². The van der Waals surface area contributed by atoms with Gasteiger partial charge in [0.05, 0.1) is 5.69 Å². The van der Waals surface area contributed by atoms with Gasteiger partial charge in [-0.1, -0.05) is 26.0 Å². The van der Waals surface area contributed by atoms with Crippen molar-refractivity contribution in [2.45, 2.75) is 37.6 Å². The molecular formula is C13H20N2O2S. The quantitative estimate of drug-likeness (QED) is 0.831. The number of nitrogens with one attached hydrogen (secondary N) is 2. The second-order valence-electron chi connectivity index (χ2n) is 5.17. The van der Waals surface area contributed by atoms with Crippen LogP contribution in [0.25, 0.3) is 0 Å². The molecule has 1 aromatic rings. The summed E-state index contributed by atoms with van der Waals surface area (Å²) in [4.78, 5) is 0.345. The molecule has 0 atom stereocenters. The van der Waals surface area contributed by atoms with E-state index in [1.54, 1.807) is 12.1 Å². The summed E-state index contributed by atoms with van der Waals surface area (Å²) in [5.74, 6) is 0.470. The predicted octanol–water partition coefficient (Wildman–Crippen LogP) is 2.20. The lowest BCUT2D eigenvalue weighted by molar-refractivity contribution is 0.581. The monoisotopic (exact) mass is 268 g/mol. The van der Waals surface area contributed by atoms with Gasteiger partial charge in [-0.15, -0.1) is 0 Å². The van der Waals surface area contributed by atoms with Crippen LogP contribution in [0.15, 0.2) is 29.2 Å². The van der Waals surface area contributed by atoms with Crippen LogP contribution < -0.4 is 10.0 Å². The average molecular weight is 268 g/mol. The number of para-hydroxylation sites is 1. The number of hydrogen-bond donors (Lipinski definition) is 2. The third-order valence-corrected chi connectivity index (χ3v) is 4.36. The number of sulfonamides is 1. The van der Waals surface area contributed by atoms with Gasteiger partial charge in [0, 0.05) is 12.6 Å². The molecule has 0 aliphatic heterocycles. The maximum atomic E-state index is 12.2. The minimum absolute atomic E-state index is 0.133. The van der Waals surface area contributed by atoms with E-state index in [4.69, 9.17) is 0 Å². The molecule has 4 nitrogen and oxygen atoms in total. The molecule has 1 aromatic carbocycles. The van der Waals surface area contributed by atoms with Gasteiger partial charge in [-0.05, 0) is 30.9 Å². The summed E-state index contributed by atoms with van der Waals surface area (Å²) < 4.78 is 27.1. The first-order valence-corrected chi connectivity index (χ1v) is 7.82. The van der Waals surface area contributed by atoms with Gasteiger partial charge in [0.15, 0.2) is 0 Å². The van der Waals surface area contributed by atoms with Crippen LogP contribution in [-0.2, 0) is 10.0 Å². The van der Waals surface area contributed by atoms with Crippen LogP contribution in [0.5, 0.6) is 0 Å². The van der Waals surface area contributed by atoms with Crippen molar-refractivity contribution in [2.24, 2.45) is 5.92 Å². The summed E-state index contributed by atoms with van der Waals surface area (Å²) in [6, 6.07) is 7.19. The van der Waals surface area contributed by atoms with E-state index in [0.717, 1.165) is 19.4 Å². The van der Waals surface area contributed by atoms with Crippen molar-refractivity contribution in [3.8, 4) is 0 Å². The van der Waals surface area contributed by atoms with Crippen LogP contribution in [0.1, 0.15) is 26.7 Å². The van der Waals surface area contributed by atoms with E-state index in [1.807, 2.05) is 12.1 Å². The van der Waals surface area contributed by atoms with Crippen LogP contribution in [0.4, 0.5) is 5.69 Å². The Bertz CT molecular complexity index is 507. The smallest absolute Gasteiger partial charge is 0.242 e. The molecule has 5 heteroatoms. The van der Waals surface area contributed by atoms with Gasteiger partial charge in [0.2, 0.25) is 10.0 Å². The Kier molecular flexibility index (Phi) is 3.92. The summed E-state index contributed by atoms with van der Waals surface area (Å²) in [6.45, 7) is 4.94. The van der Waals surface area contributed by atoms with Crippen molar-refractivity contribution in [3.63, 3.8) is 0 Å². The van der Waals surface area contributed by atoms with Crippen LogP contribution in [-0.4, -0.2) is 21.0 Å². The fourth-order valence-corrected chi connectivity index (χ4v) is 3.13. The van der Waals surface area contributed by atoms with E-state index in [9.17, 15) is 8.42 Å². The lowest BCUT2D eigenvalue weighted by Crippen LogP contribution is -2.26. The molecule has 0 saturated heterocycles. The Balaban J connectivity index is 2.20. The van der Waals surface area contributed by atoms with Crippen molar-refractivity contribution in [1.29, 1.82) is 0 Å². The molecule has 100 valence electrons. The first kappa shape index (κ1) is 13.4. The topological polar surface area (TPSA) is 58.2 Å². The molecule has 0 aromatic heterocycles. The zero-order valence-electron chi connectivity index (χ0n) is 10.8. The van der Waals surface area contributed by atoms with Crippen LogP contribution in [0.3, 0.4) is 0 Å². The predicted molar refractivity (Wildman–Crippen MR) is 73.1 cm³/mol. The molecule has 2 rings (SSSR count). The standard InChI is InChI=1S/C13H20N2O2S/c1-10(2)9-14-12-5-3-4-6-13(12)18(16,17)15-11-7-8-11/h3-6,10-11,14-15H,7-9H2,1-2H3. The first-order chi connectivity index (χ1) is 8.49. The lowest BCUT2D eigenvalue weighted by Gasteiger charge is -2.14. The van der Waals surface area contributed by atoms with Crippen LogP contribution >= 0.6 is 0 Å². The van der Waals surface area contributed by atoms with Crippen LogP contribution in [0.2, 0.25) is 0 Å². The van der Waals surface area contributed by atoms with Gasteiger partial charge in [-0.2, -0.15) is 0 Å². The molecular weight excluding hydrogens is 248 g/mol. The van der Waals surface area contributed by atoms with Gasteiger partial charge in [-0.25, -0.2) is 13.1 Å². The van der Waals surface area contributed by atoms with E-state index < -0.39 is 10.0 Å². The summed E-state index contributed by atoms with van der Waals surface area (Å²) in [7, 11) is -3.39. The number of anilines is 1. The Morgan fingerprint density at radius 3 is 2.56 bits per heavy atom. The molecule has 0 unspecified atom stereocenters. The van der Waals surface area contributed by atoms with E-state index in [2.05, 4.69) is 23.9 Å². The van der Waals surface area contributed by atoms with Gasteiger partial charge in [-0.3, -0.25) is 0 Å². The summed E-state index contributed by atoms with van der Waals surface area (Å²) in [5, 5.41) is 3.19.